The number of hydrogen-bond acceptors (Lipinski definition) is 5. The van der Waals surface area contributed by atoms with Crippen molar-refractivity contribution < 1.29 is 18.3 Å². The smallest absolute Gasteiger partial charge is 0.416 e. The quantitative estimate of drug-likeness (QED) is 0.649. The Hall–Kier alpha value is -2.81. The predicted octanol–water partition coefficient (Wildman–Crippen LogP) is 3.53. The Labute approximate surface area is 154 Å². The molecule has 6 nitrogen and oxygen atoms in total. The van der Waals surface area contributed by atoms with Crippen molar-refractivity contribution in [1.29, 1.82) is 0 Å². The summed E-state index contributed by atoms with van der Waals surface area (Å²) in [6, 6.07) is 6.57. The molecule has 0 unspecified atom stereocenters. The lowest BCUT2D eigenvalue weighted by atomic mass is 10.0. The molecule has 144 valence electrons. The molecule has 0 spiro atoms. The van der Waals surface area contributed by atoms with E-state index in [0.29, 0.717) is 23.2 Å². The number of nitrogens with zero attached hydrogens (tertiary/aromatic N) is 3. The van der Waals surface area contributed by atoms with Crippen molar-refractivity contribution >= 4 is 11.6 Å². The molecule has 3 N–H and O–H groups in total. The van der Waals surface area contributed by atoms with Crippen LogP contribution in [0, 0.1) is 0 Å². The first-order chi connectivity index (χ1) is 12.9. The summed E-state index contributed by atoms with van der Waals surface area (Å²) in [5.41, 5.74) is 0.318. The molecular formula is C18H20F3N5O. The van der Waals surface area contributed by atoms with Crippen LogP contribution in [0.25, 0.3) is 16.8 Å². The van der Waals surface area contributed by atoms with Gasteiger partial charge in [0.2, 0.25) is 5.95 Å². The first-order valence-electron chi connectivity index (χ1n) is 8.65. The van der Waals surface area contributed by atoms with Gasteiger partial charge in [0, 0.05) is 30.4 Å². The highest BCUT2D eigenvalue weighted by molar-refractivity contribution is 5.82. The zero-order chi connectivity index (χ0) is 19.6. The number of aromatic nitrogens is 3. The summed E-state index contributed by atoms with van der Waals surface area (Å²) in [5, 5.41) is 24.7. The fourth-order valence-electron chi connectivity index (χ4n) is 2.73. The zero-order valence-corrected chi connectivity index (χ0v) is 14.9. The van der Waals surface area contributed by atoms with Gasteiger partial charge in [-0.05, 0) is 30.3 Å². The van der Waals surface area contributed by atoms with E-state index in [1.807, 2.05) is 13.8 Å². The number of halogens is 3. The average Bonchev–Trinajstić information content (AvgIpc) is 3.02. The van der Waals surface area contributed by atoms with E-state index >= 15 is 0 Å². The molecule has 0 radical (unpaired) electrons. The number of benzene rings is 1. The Balaban J connectivity index is 0.00000102. The molecule has 3 heterocycles. The van der Waals surface area contributed by atoms with Crippen molar-refractivity contribution in [2.45, 2.75) is 26.1 Å². The van der Waals surface area contributed by atoms with Gasteiger partial charge in [0.15, 0.2) is 5.65 Å². The molecular weight excluding hydrogens is 359 g/mol. The molecule has 3 aromatic rings. The molecule has 1 saturated heterocycles. The van der Waals surface area contributed by atoms with Gasteiger partial charge in [-0.2, -0.15) is 13.2 Å². The third-order valence-corrected chi connectivity index (χ3v) is 4.16. The summed E-state index contributed by atoms with van der Waals surface area (Å²) < 4.78 is 40.0. The van der Waals surface area contributed by atoms with Gasteiger partial charge in [0.25, 0.3) is 0 Å². The van der Waals surface area contributed by atoms with E-state index in [4.69, 9.17) is 0 Å². The lowest BCUT2D eigenvalue weighted by molar-refractivity contribution is -0.137. The highest BCUT2D eigenvalue weighted by Gasteiger charge is 2.31. The number of nitrogens with one attached hydrogen (secondary N) is 2. The molecule has 1 aliphatic rings. The maximum Gasteiger partial charge on any atom is 0.416 e. The van der Waals surface area contributed by atoms with Crippen molar-refractivity contribution in [1.82, 2.24) is 19.9 Å². The molecule has 2 aromatic heterocycles. The monoisotopic (exact) mass is 379 g/mol. The van der Waals surface area contributed by atoms with Gasteiger partial charge in [0.1, 0.15) is 5.75 Å². The molecule has 1 aliphatic heterocycles. The van der Waals surface area contributed by atoms with E-state index < -0.39 is 17.5 Å². The molecule has 1 aromatic carbocycles. The Morgan fingerprint density at radius 1 is 1.15 bits per heavy atom. The van der Waals surface area contributed by atoms with E-state index in [1.54, 1.807) is 22.7 Å². The second kappa shape index (κ2) is 7.43. The van der Waals surface area contributed by atoms with Crippen LogP contribution < -0.4 is 10.6 Å². The Morgan fingerprint density at radius 2 is 1.89 bits per heavy atom. The van der Waals surface area contributed by atoms with Crippen LogP contribution in [0.3, 0.4) is 0 Å². The van der Waals surface area contributed by atoms with E-state index in [-0.39, 0.29) is 11.6 Å². The second-order valence-corrected chi connectivity index (χ2v) is 5.87. The van der Waals surface area contributed by atoms with E-state index in [2.05, 4.69) is 20.8 Å². The second-order valence-electron chi connectivity index (χ2n) is 5.87. The minimum absolute atomic E-state index is 0.260. The molecule has 0 atom stereocenters. The molecule has 0 aliphatic carbocycles. The molecule has 0 bridgehead atoms. The summed E-state index contributed by atoms with van der Waals surface area (Å²) in [4.78, 5) is 0. The molecule has 27 heavy (non-hydrogen) atoms. The lowest BCUT2D eigenvalue weighted by Gasteiger charge is -2.27. The largest absolute Gasteiger partial charge is 0.507 e. The highest BCUT2D eigenvalue weighted by atomic mass is 19.4. The van der Waals surface area contributed by atoms with Gasteiger partial charge in [0.05, 0.1) is 11.6 Å². The SMILES string of the molecule is CC.Oc1cc(C(F)(F)F)ccc1-c1cccn2c(NC3CNC3)nnc12. The van der Waals surface area contributed by atoms with Gasteiger partial charge in [-0.1, -0.05) is 13.8 Å². The maximum absolute atomic E-state index is 12.8. The number of pyridine rings is 1. The first-order valence-corrected chi connectivity index (χ1v) is 8.65. The van der Waals surface area contributed by atoms with E-state index in [0.717, 1.165) is 19.2 Å². The average molecular weight is 379 g/mol. The Bertz CT molecular complexity index is 934. The van der Waals surface area contributed by atoms with Crippen molar-refractivity contribution in [3.8, 4) is 16.9 Å². The number of hydrogen-bond donors (Lipinski definition) is 3. The summed E-state index contributed by atoms with van der Waals surface area (Å²) in [6.07, 6.45) is -2.75. The summed E-state index contributed by atoms with van der Waals surface area (Å²) in [6.45, 7) is 5.66. The number of phenolic OH excluding ortho intramolecular Hbond substituents is 1. The summed E-state index contributed by atoms with van der Waals surface area (Å²) in [5.74, 6) is 0.0957. The van der Waals surface area contributed by atoms with Crippen LogP contribution >= 0.6 is 0 Å². The first kappa shape index (κ1) is 19.0. The highest BCUT2D eigenvalue weighted by Crippen LogP contribution is 2.37. The summed E-state index contributed by atoms with van der Waals surface area (Å²) in [7, 11) is 0. The van der Waals surface area contributed by atoms with Gasteiger partial charge in [-0.25, -0.2) is 0 Å². The number of anilines is 1. The molecule has 0 amide bonds. The summed E-state index contributed by atoms with van der Waals surface area (Å²) >= 11 is 0. The van der Waals surface area contributed by atoms with Crippen molar-refractivity contribution in [2.24, 2.45) is 0 Å². The van der Waals surface area contributed by atoms with Crippen LogP contribution in [0.1, 0.15) is 19.4 Å². The fraction of sp³-hybridized carbons (Fsp3) is 0.333. The van der Waals surface area contributed by atoms with Gasteiger partial charge in [-0.3, -0.25) is 4.40 Å². The molecule has 4 rings (SSSR count). The van der Waals surface area contributed by atoms with Crippen LogP contribution in [-0.2, 0) is 6.18 Å². The standard InChI is InChI=1S/C16H14F3N5O.C2H6/c17-16(18,19)9-3-4-11(13(25)6-9)12-2-1-5-24-14(12)22-23-15(24)21-10-7-20-8-10;1-2/h1-6,10,20,25H,7-8H2,(H,21,23);1-2H3. The van der Waals surface area contributed by atoms with Gasteiger partial charge < -0.3 is 15.7 Å². The zero-order valence-electron chi connectivity index (χ0n) is 14.9. The van der Waals surface area contributed by atoms with E-state index in [1.165, 1.54) is 6.07 Å². The number of fused-ring (bicyclic) bond motifs is 1. The van der Waals surface area contributed by atoms with Crippen LogP contribution in [0.4, 0.5) is 19.1 Å². The maximum atomic E-state index is 12.8. The Morgan fingerprint density at radius 3 is 2.48 bits per heavy atom. The lowest BCUT2D eigenvalue weighted by Crippen LogP contribution is -2.51. The van der Waals surface area contributed by atoms with Crippen molar-refractivity contribution in [3.05, 3.63) is 42.1 Å². The number of alkyl halides is 3. The normalized spacial score (nSPS) is 14.4. The van der Waals surface area contributed by atoms with Crippen LogP contribution in [0.5, 0.6) is 5.75 Å². The molecule has 9 heteroatoms. The van der Waals surface area contributed by atoms with Crippen LogP contribution in [0.2, 0.25) is 0 Å². The number of aromatic hydroxyl groups is 1. The van der Waals surface area contributed by atoms with Crippen LogP contribution in [-0.4, -0.2) is 38.8 Å². The Kier molecular flexibility index (Phi) is 5.22. The molecule has 0 saturated carbocycles. The fourth-order valence-corrected chi connectivity index (χ4v) is 2.73. The van der Waals surface area contributed by atoms with Crippen molar-refractivity contribution in [2.75, 3.05) is 18.4 Å². The minimum Gasteiger partial charge on any atom is -0.507 e. The topological polar surface area (TPSA) is 74.5 Å². The predicted molar refractivity (Wildman–Crippen MR) is 96.7 cm³/mol. The van der Waals surface area contributed by atoms with Gasteiger partial charge >= 0.3 is 6.18 Å². The number of rotatable bonds is 3. The molecule has 1 fully saturated rings. The minimum atomic E-state index is -4.51. The third kappa shape index (κ3) is 3.68. The van der Waals surface area contributed by atoms with E-state index in [9.17, 15) is 18.3 Å². The third-order valence-electron chi connectivity index (χ3n) is 4.16. The van der Waals surface area contributed by atoms with Crippen LogP contribution in [0.15, 0.2) is 36.5 Å². The van der Waals surface area contributed by atoms with Crippen molar-refractivity contribution in [3.63, 3.8) is 0 Å². The number of phenols is 1. The van der Waals surface area contributed by atoms with Gasteiger partial charge in [-0.15, -0.1) is 10.2 Å².